The van der Waals surface area contributed by atoms with E-state index in [0.29, 0.717) is 11.7 Å². The molecule has 0 aliphatic rings. The molecule has 118 valence electrons. The summed E-state index contributed by atoms with van der Waals surface area (Å²) in [4.78, 5) is 23.8. The van der Waals surface area contributed by atoms with Crippen molar-refractivity contribution in [3.63, 3.8) is 0 Å². The molecule has 1 heterocycles. The number of carbonyl (C=O) groups is 1. The van der Waals surface area contributed by atoms with Crippen molar-refractivity contribution in [2.45, 2.75) is 37.2 Å². The maximum atomic E-state index is 13.2. The first-order valence-electron chi connectivity index (χ1n) is 6.75. The Hall–Kier alpha value is -1.96. The van der Waals surface area contributed by atoms with Gasteiger partial charge in [-0.15, -0.1) is 5.10 Å². The number of nitrogens with one attached hydrogen (secondary N) is 1. The predicted molar refractivity (Wildman–Crippen MR) is 79.1 cm³/mol. The van der Waals surface area contributed by atoms with Crippen molar-refractivity contribution >= 4 is 17.5 Å². The molecule has 0 aliphatic carbocycles. The third-order valence-corrected chi connectivity index (χ3v) is 4.12. The Balaban J connectivity index is 2.18. The van der Waals surface area contributed by atoms with Gasteiger partial charge >= 0.3 is 5.69 Å². The Kier molecular flexibility index (Phi) is 5.12. The molecule has 1 aromatic heterocycles. The molecule has 0 spiro atoms. The van der Waals surface area contributed by atoms with Crippen molar-refractivity contribution < 1.29 is 13.6 Å². The van der Waals surface area contributed by atoms with Crippen molar-refractivity contribution in [2.75, 3.05) is 0 Å². The van der Waals surface area contributed by atoms with E-state index >= 15 is 0 Å². The van der Waals surface area contributed by atoms with Gasteiger partial charge in [0.2, 0.25) is 0 Å². The van der Waals surface area contributed by atoms with E-state index in [4.69, 9.17) is 0 Å². The first kappa shape index (κ1) is 16.4. The van der Waals surface area contributed by atoms with Crippen LogP contribution in [-0.2, 0) is 6.54 Å². The Bertz CT molecular complexity index is 742. The van der Waals surface area contributed by atoms with Gasteiger partial charge in [-0.2, -0.15) is 0 Å². The van der Waals surface area contributed by atoms with E-state index in [0.717, 1.165) is 30.3 Å². The third-order valence-electron chi connectivity index (χ3n) is 3.03. The number of aromatic nitrogens is 3. The first-order chi connectivity index (χ1) is 10.4. The molecule has 1 N–H and O–H groups in total. The molecular formula is C14H15F2N3O2S. The second kappa shape index (κ2) is 6.87. The Morgan fingerprint density at radius 1 is 1.41 bits per heavy atom. The highest BCUT2D eigenvalue weighted by molar-refractivity contribution is 8.00. The molecule has 0 radical (unpaired) electrons. The molecule has 0 fully saturated rings. The van der Waals surface area contributed by atoms with E-state index in [-0.39, 0.29) is 17.0 Å². The van der Waals surface area contributed by atoms with Gasteiger partial charge in [0.25, 0.3) is 0 Å². The van der Waals surface area contributed by atoms with Crippen LogP contribution in [0.15, 0.2) is 28.2 Å². The van der Waals surface area contributed by atoms with Crippen LogP contribution >= 0.6 is 11.8 Å². The third kappa shape index (κ3) is 3.44. The summed E-state index contributed by atoms with van der Waals surface area (Å²) in [5.41, 5.74) is -0.254. The van der Waals surface area contributed by atoms with E-state index in [1.807, 2.05) is 6.92 Å². The first-order valence-corrected chi connectivity index (χ1v) is 7.63. The molecular weight excluding hydrogens is 312 g/mol. The molecule has 8 heteroatoms. The van der Waals surface area contributed by atoms with Crippen LogP contribution in [0.3, 0.4) is 0 Å². The highest BCUT2D eigenvalue weighted by Crippen LogP contribution is 2.23. The standard InChI is InChI=1S/C14H15F2N3O2S/c1-3-6-19-13(21)17-18-14(19)22-8(2)12(20)9-4-5-10(15)11(16)7-9/h4-5,7-8H,3,6H2,1-2H3,(H,17,21). The van der Waals surface area contributed by atoms with Gasteiger partial charge in [0.05, 0.1) is 5.25 Å². The summed E-state index contributed by atoms with van der Waals surface area (Å²) >= 11 is 1.10. The Labute approximate surface area is 129 Å². The fraction of sp³-hybridized carbons (Fsp3) is 0.357. The fourth-order valence-corrected chi connectivity index (χ4v) is 2.87. The molecule has 5 nitrogen and oxygen atoms in total. The number of aromatic amines is 1. The summed E-state index contributed by atoms with van der Waals surface area (Å²) in [6.07, 6.45) is 0.749. The second-order valence-corrected chi connectivity index (χ2v) is 6.02. The van der Waals surface area contributed by atoms with Crippen LogP contribution in [0.25, 0.3) is 0 Å². The van der Waals surface area contributed by atoms with Crippen LogP contribution in [0.5, 0.6) is 0 Å². The lowest BCUT2D eigenvalue weighted by Crippen LogP contribution is -2.19. The van der Waals surface area contributed by atoms with Gasteiger partial charge < -0.3 is 0 Å². The molecule has 1 atom stereocenters. The Morgan fingerprint density at radius 2 is 2.14 bits per heavy atom. The SMILES string of the molecule is CCCn1c(SC(C)C(=O)c2ccc(F)c(F)c2)n[nH]c1=O. The number of rotatable bonds is 6. The number of hydrogen-bond acceptors (Lipinski definition) is 4. The molecule has 2 aromatic rings. The number of Topliss-reactive ketones (excluding diaryl/α,β-unsaturated/α-hetero) is 1. The lowest BCUT2D eigenvalue weighted by atomic mass is 10.1. The van der Waals surface area contributed by atoms with Crippen molar-refractivity contribution in [1.82, 2.24) is 14.8 Å². The summed E-state index contributed by atoms with van der Waals surface area (Å²) in [7, 11) is 0. The molecule has 0 saturated carbocycles. The number of H-pyrrole nitrogens is 1. The Morgan fingerprint density at radius 3 is 2.77 bits per heavy atom. The number of benzene rings is 1. The molecule has 1 aromatic carbocycles. The van der Waals surface area contributed by atoms with Gasteiger partial charge in [-0.05, 0) is 31.5 Å². The van der Waals surface area contributed by atoms with Gasteiger partial charge in [0.1, 0.15) is 0 Å². The number of thioether (sulfide) groups is 1. The molecule has 0 aliphatic heterocycles. The minimum absolute atomic E-state index is 0.0822. The summed E-state index contributed by atoms with van der Waals surface area (Å²) in [6.45, 7) is 4.04. The van der Waals surface area contributed by atoms with Gasteiger partial charge in [0, 0.05) is 12.1 Å². The molecule has 0 bridgehead atoms. The minimum atomic E-state index is -1.06. The quantitative estimate of drug-likeness (QED) is 0.654. The number of carbonyl (C=O) groups excluding carboxylic acids is 1. The van der Waals surface area contributed by atoms with Gasteiger partial charge in [-0.25, -0.2) is 18.7 Å². The van der Waals surface area contributed by atoms with Crippen LogP contribution in [0.2, 0.25) is 0 Å². The summed E-state index contributed by atoms with van der Waals surface area (Å²) in [5, 5.41) is 6.03. The van der Waals surface area contributed by atoms with E-state index in [1.165, 1.54) is 10.6 Å². The van der Waals surface area contributed by atoms with E-state index in [1.54, 1.807) is 6.92 Å². The van der Waals surface area contributed by atoms with Crippen molar-refractivity contribution in [1.29, 1.82) is 0 Å². The van der Waals surface area contributed by atoms with Crippen molar-refractivity contribution in [2.24, 2.45) is 0 Å². The topological polar surface area (TPSA) is 67.8 Å². The maximum Gasteiger partial charge on any atom is 0.343 e. The van der Waals surface area contributed by atoms with Crippen LogP contribution < -0.4 is 5.69 Å². The summed E-state index contributed by atoms with van der Waals surface area (Å²) in [6, 6.07) is 3.03. The normalized spacial score (nSPS) is 12.4. The van der Waals surface area contributed by atoms with Crippen molar-refractivity contribution in [3.8, 4) is 0 Å². The number of ketones is 1. The summed E-state index contributed by atoms with van der Waals surface area (Å²) in [5.74, 6) is -2.42. The molecule has 0 saturated heterocycles. The molecule has 22 heavy (non-hydrogen) atoms. The highest BCUT2D eigenvalue weighted by Gasteiger charge is 2.21. The number of halogens is 2. The van der Waals surface area contributed by atoms with Gasteiger partial charge in [0.15, 0.2) is 22.6 Å². The maximum absolute atomic E-state index is 13.2. The lowest BCUT2D eigenvalue weighted by molar-refractivity contribution is 0.0993. The van der Waals surface area contributed by atoms with Crippen LogP contribution in [0, 0.1) is 11.6 Å². The second-order valence-electron chi connectivity index (χ2n) is 4.72. The summed E-state index contributed by atoms with van der Waals surface area (Å²) < 4.78 is 27.6. The van der Waals surface area contributed by atoms with E-state index in [2.05, 4.69) is 10.2 Å². The largest absolute Gasteiger partial charge is 0.343 e. The fourth-order valence-electron chi connectivity index (χ4n) is 1.91. The zero-order valence-electron chi connectivity index (χ0n) is 12.1. The van der Waals surface area contributed by atoms with Crippen LogP contribution in [-0.4, -0.2) is 25.8 Å². The predicted octanol–water partition coefficient (Wildman–Crippen LogP) is 2.62. The zero-order valence-corrected chi connectivity index (χ0v) is 12.9. The van der Waals surface area contributed by atoms with Gasteiger partial charge in [-0.3, -0.25) is 9.36 Å². The number of hydrogen-bond donors (Lipinski definition) is 1. The minimum Gasteiger partial charge on any atom is -0.293 e. The zero-order chi connectivity index (χ0) is 16.3. The van der Waals surface area contributed by atoms with Gasteiger partial charge in [-0.1, -0.05) is 18.7 Å². The van der Waals surface area contributed by atoms with Crippen LogP contribution in [0.4, 0.5) is 8.78 Å². The average Bonchev–Trinajstić information content (AvgIpc) is 2.82. The molecule has 1 unspecified atom stereocenters. The van der Waals surface area contributed by atoms with E-state index < -0.39 is 16.9 Å². The lowest BCUT2D eigenvalue weighted by Gasteiger charge is -2.10. The van der Waals surface area contributed by atoms with E-state index in [9.17, 15) is 18.4 Å². The van der Waals surface area contributed by atoms with Crippen LogP contribution in [0.1, 0.15) is 30.6 Å². The van der Waals surface area contributed by atoms with Crippen molar-refractivity contribution in [3.05, 3.63) is 45.9 Å². The smallest absolute Gasteiger partial charge is 0.293 e. The number of nitrogens with zero attached hydrogens (tertiary/aromatic N) is 2. The average molecular weight is 327 g/mol. The molecule has 0 amide bonds. The highest BCUT2D eigenvalue weighted by atomic mass is 32.2. The molecule has 2 rings (SSSR count). The monoisotopic (exact) mass is 327 g/mol.